The van der Waals surface area contributed by atoms with Crippen LogP contribution >= 0.6 is 15.9 Å². The highest BCUT2D eigenvalue weighted by atomic mass is 79.9. The van der Waals surface area contributed by atoms with Crippen LogP contribution in [0.25, 0.3) is 5.76 Å². The topological polar surface area (TPSA) is 112 Å². The summed E-state index contributed by atoms with van der Waals surface area (Å²) in [7, 11) is 1.27. The Bertz CT molecular complexity index is 1210. The van der Waals surface area contributed by atoms with Crippen LogP contribution in [0.3, 0.4) is 0 Å². The number of halogens is 1. The summed E-state index contributed by atoms with van der Waals surface area (Å²) in [5.41, 5.74) is 2.17. The fourth-order valence-electron chi connectivity index (χ4n) is 4.97. The third kappa shape index (κ3) is 4.98. The zero-order chi connectivity index (χ0) is 26.0. The van der Waals surface area contributed by atoms with Crippen molar-refractivity contribution in [2.45, 2.75) is 26.3 Å². The Morgan fingerprint density at radius 2 is 1.94 bits per heavy atom. The summed E-state index contributed by atoms with van der Waals surface area (Å²) < 4.78 is 11.0. The Balaban J connectivity index is 1.75. The summed E-state index contributed by atoms with van der Waals surface area (Å²) in [6.07, 6.45) is 0.673. The molecule has 2 N–H and O–H groups in total. The second-order valence-electron chi connectivity index (χ2n) is 8.97. The van der Waals surface area contributed by atoms with Gasteiger partial charge in [0.2, 0.25) is 0 Å². The molecule has 1 aromatic carbocycles. The van der Waals surface area contributed by atoms with Crippen molar-refractivity contribution in [2.24, 2.45) is 0 Å². The number of nitrogens with one attached hydrogen (secondary N) is 1. The van der Waals surface area contributed by atoms with Gasteiger partial charge < -0.3 is 24.5 Å². The predicted octanol–water partition coefficient (Wildman–Crippen LogP) is 3.32. The molecule has 4 rings (SSSR count). The molecular weight excluding hydrogens is 530 g/mol. The highest BCUT2D eigenvalue weighted by molar-refractivity contribution is 9.10. The van der Waals surface area contributed by atoms with E-state index in [0.717, 1.165) is 24.1 Å². The van der Waals surface area contributed by atoms with Gasteiger partial charge in [0.1, 0.15) is 11.5 Å². The van der Waals surface area contributed by atoms with E-state index in [2.05, 4.69) is 25.8 Å². The number of hydrogen-bond acceptors (Lipinski definition) is 7. The Kier molecular flexibility index (Phi) is 7.97. The molecule has 2 aliphatic heterocycles. The minimum atomic E-state index is -0.762. The van der Waals surface area contributed by atoms with E-state index >= 15 is 0 Å². The Morgan fingerprint density at radius 1 is 1.22 bits per heavy atom. The van der Waals surface area contributed by atoms with Gasteiger partial charge in [-0.1, -0.05) is 28.1 Å². The van der Waals surface area contributed by atoms with Gasteiger partial charge in [-0.05, 0) is 43.5 Å². The molecule has 192 valence electrons. The lowest BCUT2D eigenvalue weighted by atomic mass is 9.94. The quantitative estimate of drug-likeness (QED) is 0.231. The number of Topliss-reactive ketones (excluding diaryl/α,β-unsaturated/α-hetero) is 1. The van der Waals surface area contributed by atoms with Crippen LogP contribution in [-0.2, 0) is 19.1 Å². The molecule has 36 heavy (non-hydrogen) atoms. The van der Waals surface area contributed by atoms with Crippen molar-refractivity contribution in [3.63, 3.8) is 0 Å². The van der Waals surface area contributed by atoms with Crippen molar-refractivity contribution in [2.75, 3.05) is 46.5 Å². The number of hydrogen-bond donors (Lipinski definition) is 2. The van der Waals surface area contributed by atoms with Crippen molar-refractivity contribution >= 4 is 39.3 Å². The minimum Gasteiger partial charge on any atom is -0.507 e. The van der Waals surface area contributed by atoms with E-state index in [0.29, 0.717) is 48.6 Å². The molecule has 9 nitrogen and oxygen atoms in total. The zero-order valence-corrected chi connectivity index (χ0v) is 22.2. The largest absolute Gasteiger partial charge is 0.507 e. The van der Waals surface area contributed by atoms with Crippen LogP contribution in [0, 0.1) is 13.8 Å². The third-order valence-electron chi connectivity index (χ3n) is 6.75. The molecule has 10 heteroatoms. The number of carbonyl (C=O) groups is 3. The van der Waals surface area contributed by atoms with Crippen molar-refractivity contribution < 1.29 is 29.0 Å². The number of morpholine rings is 1. The molecule has 0 bridgehead atoms. The van der Waals surface area contributed by atoms with E-state index in [4.69, 9.17) is 9.47 Å². The van der Waals surface area contributed by atoms with Crippen LogP contribution in [0.4, 0.5) is 0 Å². The number of aryl methyl sites for hydroxylation is 1. The van der Waals surface area contributed by atoms with Crippen molar-refractivity contribution in [1.82, 2.24) is 14.8 Å². The van der Waals surface area contributed by atoms with Gasteiger partial charge in [0.15, 0.2) is 0 Å². The van der Waals surface area contributed by atoms with Crippen LogP contribution in [0.5, 0.6) is 0 Å². The number of likely N-dealkylation sites (tertiary alicyclic amines) is 1. The fraction of sp³-hybridized carbons (Fsp3) is 0.423. The third-order valence-corrected chi connectivity index (χ3v) is 7.24. The summed E-state index contributed by atoms with van der Waals surface area (Å²) in [4.78, 5) is 45.5. The van der Waals surface area contributed by atoms with Gasteiger partial charge in [0.05, 0.1) is 31.9 Å². The number of ether oxygens (including phenoxy) is 2. The second kappa shape index (κ2) is 11.0. The first-order chi connectivity index (χ1) is 17.2. The van der Waals surface area contributed by atoms with E-state index < -0.39 is 23.7 Å². The van der Waals surface area contributed by atoms with Gasteiger partial charge in [-0.3, -0.25) is 14.5 Å². The van der Waals surface area contributed by atoms with Crippen molar-refractivity contribution in [1.29, 1.82) is 0 Å². The molecule has 3 heterocycles. The van der Waals surface area contributed by atoms with Gasteiger partial charge in [-0.25, -0.2) is 4.79 Å². The summed E-state index contributed by atoms with van der Waals surface area (Å²) in [5, 5.41) is 11.5. The van der Waals surface area contributed by atoms with Crippen molar-refractivity contribution in [3.8, 4) is 0 Å². The van der Waals surface area contributed by atoms with Gasteiger partial charge in [-0.15, -0.1) is 0 Å². The molecule has 2 aromatic rings. The number of aliphatic hydroxyl groups excluding tert-OH is 1. The molecule has 1 aromatic heterocycles. The number of carbonyl (C=O) groups excluding carboxylic acids is 3. The number of esters is 1. The molecule has 2 aliphatic rings. The van der Waals surface area contributed by atoms with Gasteiger partial charge in [0, 0.05) is 41.9 Å². The number of H-pyrrole nitrogens is 1. The van der Waals surface area contributed by atoms with Gasteiger partial charge in [-0.2, -0.15) is 0 Å². The fourth-order valence-corrected chi connectivity index (χ4v) is 5.39. The van der Waals surface area contributed by atoms with Crippen molar-refractivity contribution in [3.05, 3.63) is 62.4 Å². The zero-order valence-electron chi connectivity index (χ0n) is 20.6. The highest BCUT2D eigenvalue weighted by Crippen LogP contribution is 2.41. The number of aromatic nitrogens is 1. The van der Waals surface area contributed by atoms with E-state index in [9.17, 15) is 19.5 Å². The summed E-state index contributed by atoms with van der Waals surface area (Å²) >= 11 is 3.47. The number of methoxy groups -OCH3 is 1. The number of aliphatic hydroxyl groups is 1. The maximum atomic E-state index is 13.3. The number of amides is 1. The summed E-state index contributed by atoms with van der Waals surface area (Å²) in [6.45, 7) is 7.53. The lowest BCUT2D eigenvalue weighted by Crippen LogP contribution is -2.38. The van der Waals surface area contributed by atoms with Crippen LogP contribution in [0.2, 0.25) is 0 Å². The molecule has 1 amide bonds. The maximum absolute atomic E-state index is 13.3. The molecule has 0 saturated carbocycles. The number of nitrogens with zero attached hydrogens (tertiary/aromatic N) is 2. The highest BCUT2D eigenvalue weighted by Gasteiger charge is 2.46. The van der Waals surface area contributed by atoms with E-state index in [1.54, 1.807) is 13.8 Å². The van der Waals surface area contributed by atoms with Crippen LogP contribution < -0.4 is 0 Å². The standard InChI is InChI=1S/C26H30BrN3O6/c1-15-19(16(2)28-21(15)26(34)35-3)23(31)20-22(17-6-4-7-18(27)14-17)30(25(33)24(20)32)9-5-8-29-10-12-36-13-11-29/h4,6-7,14,22,28,31H,5,8-13H2,1-3H3/b23-20+/t22-/m1/s1. The van der Waals surface area contributed by atoms with E-state index in [1.165, 1.54) is 12.0 Å². The molecule has 2 saturated heterocycles. The maximum Gasteiger partial charge on any atom is 0.354 e. The molecule has 2 fully saturated rings. The normalized spacial score (nSPS) is 20.2. The molecule has 0 radical (unpaired) electrons. The van der Waals surface area contributed by atoms with Gasteiger partial charge >= 0.3 is 5.97 Å². The predicted molar refractivity (Wildman–Crippen MR) is 137 cm³/mol. The molecule has 0 spiro atoms. The summed E-state index contributed by atoms with van der Waals surface area (Å²) in [6, 6.07) is 6.60. The second-order valence-corrected chi connectivity index (χ2v) is 9.89. The first-order valence-corrected chi connectivity index (χ1v) is 12.7. The molecule has 0 unspecified atom stereocenters. The first-order valence-electron chi connectivity index (χ1n) is 11.9. The molecule has 0 aliphatic carbocycles. The molecule has 1 atom stereocenters. The summed E-state index contributed by atoms with van der Waals surface area (Å²) in [5.74, 6) is -2.29. The monoisotopic (exact) mass is 559 g/mol. The average molecular weight is 560 g/mol. The SMILES string of the molecule is COC(=O)c1[nH]c(C)c(/C(O)=C2\C(=O)C(=O)N(CCCN3CCOCC3)[C@@H]2c2cccc(Br)c2)c1C. The van der Waals surface area contributed by atoms with E-state index in [1.807, 2.05) is 24.3 Å². The lowest BCUT2D eigenvalue weighted by Gasteiger charge is -2.29. The van der Waals surface area contributed by atoms with Crippen LogP contribution in [0.1, 0.15) is 45.3 Å². The Labute approximate surface area is 218 Å². The lowest BCUT2D eigenvalue weighted by molar-refractivity contribution is -0.140. The van der Waals surface area contributed by atoms with Crippen LogP contribution in [0.15, 0.2) is 34.3 Å². The Hall–Kier alpha value is -2.95. The van der Waals surface area contributed by atoms with Gasteiger partial charge in [0.25, 0.3) is 11.7 Å². The van der Waals surface area contributed by atoms with E-state index in [-0.39, 0.29) is 17.0 Å². The minimum absolute atomic E-state index is 0.00564. The number of rotatable bonds is 7. The number of ketones is 1. The first kappa shape index (κ1) is 26.1. The van der Waals surface area contributed by atoms with Crippen LogP contribution in [-0.4, -0.2) is 84.1 Å². The smallest absolute Gasteiger partial charge is 0.354 e. The average Bonchev–Trinajstić information content (AvgIpc) is 3.31. The molecular formula is C26H30BrN3O6. The Morgan fingerprint density at radius 3 is 2.61 bits per heavy atom. The number of benzene rings is 1. The number of aromatic amines is 1.